The van der Waals surface area contributed by atoms with Crippen molar-refractivity contribution in [1.82, 2.24) is 19.9 Å². The van der Waals surface area contributed by atoms with E-state index in [0.717, 1.165) is 22.3 Å². The molecule has 118 valence electrons. The van der Waals surface area contributed by atoms with Gasteiger partial charge in [0.15, 0.2) is 11.6 Å². The van der Waals surface area contributed by atoms with Gasteiger partial charge in [-0.3, -0.25) is 0 Å². The molecular formula is C18H15N5S. The summed E-state index contributed by atoms with van der Waals surface area (Å²) in [6.07, 6.45) is 3.74. The van der Waals surface area contributed by atoms with Crippen LogP contribution >= 0.6 is 11.8 Å². The molecule has 24 heavy (non-hydrogen) atoms. The fourth-order valence-electron chi connectivity index (χ4n) is 2.56. The van der Waals surface area contributed by atoms with Crippen LogP contribution in [0.25, 0.3) is 33.8 Å². The second kappa shape index (κ2) is 5.98. The Morgan fingerprint density at radius 2 is 1.92 bits per heavy atom. The summed E-state index contributed by atoms with van der Waals surface area (Å²) in [6, 6.07) is 16.0. The van der Waals surface area contributed by atoms with Gasteiger partial charge in [-0.05, 0) is 30.5 Å². The zero-order valence-electron chi connectivity index (χ0n) is 13.0. The molecule has 2 aromatic carbocycles. The molecule has 2 heterocycles. The predicted molar refractivity (Wildman–Crippen MR) is 98.7 cm³/mol. The van der Waals surface area contributed by atoms with Crippen molar-refractivity contribution >= 4 is 28.6 Å². The number of anilines is 1. The second-order valence-corrected chi connectivity index (χ2v) is 6.20. The van der Waals surface area contributed by atoms with Gasteiger partial charge in [-0.1, -0.05) is 24.3 Å². The Kier molecular flexibility index (Phi) is 3.66. The SMILES string of the molecule is CSc1cccc(-c2cnc(N)c(-c3nc4ccccc4[nH]3)n2)c1. The summed E-state index contributed by atoms with van der Waals surface area (Å²) in [5.74, 6) is 0.989. The molecule has 0 spiro atoms. The fourth-order valence-corrected chi connectivity index (χ4v) is 3.02. The molecule has 3 N–H and O–H groups in total. The van der Waals surface area contributed by atoms with Crippen molar-refractivity contribution in [1.29, 1.82) is 0 Å². The Hall–Kier alpha value is -2.86. The number of nitrogens with two attached hydrogens (primary N) is 1. The van der Waals surface area contributed by atoms with Gasteiger partial charge in [0, 0.05) is 10.5 Å². The Balaban J connectivity index is 1.83. The number of aromatic nitrogens is 4. The van der Waals surface area contributed by atoms with Crippen molar-refractivity contribution < 1.29 is 0 Å². The van der Waals surface area contributed by atoms with Gasteiger partial charge >= 0.3 is 0 Å². The van der Waals surface area contributed by atoms with E-state index in [-0.39, 0.29) is 0 Å². The normalized spacial score (nSPS) is 11.0. The third kappa shape index (κ3) is 2.61. The summed E-state index contributed by atoms with van der Waals surface area (Å²) in [4.78, 5) is 18.0. The number of rotatable bonds is 3. The van der Waals surface area contributed by atoms with Crippen molar-refractivity contribution in [2.75, 3.05) is 12.0 Å². The van der Waals surface area contributed by atoms with E-state index >= 15 is 0 Å². The van der Waals surface area contributed by atoms with E-state index in [0.29, 0.717) is 17.3 Å². The summed E-state index contributed by atoms with van der Waals surface area (Å²) in [6.45, 7) is 0. The molecular weight excluding hydrogens is 318 g/mol. The van der Waals surface area contributed by atoms with Gasteiger partial charge in [-0.2, -0.15) is 0 Å². The maximum absolute atomic E-state index is 6.04. The zero-order valence-corrected chi connectivity index (χ0v) is 13.8. The van der Waals surface area contributed by atoms with Crippen molar-refractivity contribution in [2.45, 2.75) is 4.90 Å². The van der Waals surface area contributed by atoms with Crippen LogP contribution in [-0.2, 0) is 0 Å². The van der Waals surface area contributed by atoms with Crippen molar-refractivity contribution in [3.8, 4) is 22.8 Å². The zero-order chi connectivity index (χ0) is 16.5. The lowest BCUT2D eigenvalue weighted by molar-refractivity contribution is 1.18. The molecule has 0 saturated carbocycles. The molecule has 5 nitrogen and oxygen atoms in total. The lowest BCUT2D eigenvalue weighted by atomic mass is 10.1. The van der Waals surface area contributed by atoms with Gasteiger partial charge in [0.25, 0.3) is 0 Å². The quantitative estimate of drug-likeness (QED) is 0.554. The molecule has 0 unspecified atom stereocenters. The van der Waals surface area contributed by atoms with Crippen molar-refractivity contribution in [3.05, 3.63) is 54.7 Å². The Morgan fingerprint density at radius 1 is 1.04 bits per heavy atom. The van der Waals surface area contributed by atoms with E-state index in [1.807, 2.05) is 42.7 Å². The van der Waals surface area contributed by atoms with Crippen LogP contribution in [0, 0.1) is 0 Å². The number of hydrogen-bond donors (Lipinski definition) is 2. The number of thioether (sulfide) groups is 1. The molecule has 0 bridgehead atoms. The third-order valence-electron chi connectivity index (χ3n) is 3.78. The monoisotopic (exact) mass is 333 g/mol. The third-order valence-corrected chi connectivity index (χ3v) is 4.51. The van der Waals surface area contributed by atoms with Gasteiger partial charge in [0.1, 0.15) is 5.69 Å². The Morgan fingerprint density at radius 3 is 2.75 bits per heavy atom. The second-order valence-electron chi connectivity index (χ2n) is 5.32. The average Bonchev–Trinajstić information content (AvgIpc) is 3.06. The van der Waals surface area contributed by atoms with Crippen LogP contribution in [0.5, 0.6) is 0 Å². The van der Waals surface area contributed by atoms with Crippen molar-refractivity contribution in [3.63, 3.8) is 0 Å². The van der Waals surface area contributed by atoms with Crippen LogP contribution in [0.4, 0.5) is 5.82 Å². The Labute approximate surface area is 143 Å². The van der Waals surface area contributed by atoms with Gasteiger partial charge in [0.2, 0.25) is 0 Å². The smallest absolute Gasteiger partial charge is 0.161 e. The number of nitrogen functional groups attached to an aromatic ring is 1. The lowest BCUT2D eigenvalue weighted by Gasteiger charge is -2.06. The van der Waals surface area contributed by atoms with E-state index in [1.54, 1.807) is 18.0 Å². The number of fused-ring (bicyclic) bond motifs is 1. The number of aromatic amines is 1. The number of benzene rings is 2. The van der Waals surface area contributed by atoms with E-state index in [2.05, 4.69) is 27.1 Å². The highest BCUT2D eigenvalue weighted by Crippen LogP contribution is 2.27. The largest absolute Gasteiger partial charge is 0.382 e. The minimum absolute atomic E-state index is 0.360. The molecule has 0 aliphatic carbocycles. The van der Waals surface area contributed by atoms with Crippen LogP contribution < -0.4 is 5.73 Å². The molecule has 0 aliphatic heterocycles. The topological polar surface area (TPSA) is 80.5 Å². The maximum atomic E-state index is 6.04. The molecule has 0 fully saturated rings. The number of nitrogens with zero attached hydrogens (tertiary/aromatic N) is 3. The highest BCUT2D eigenvalue weighted by molar-refractivity contribution is 7.98. The van der Waals surface area contributed by atoms with Crippen LogP contribution in [0.3, 0.4) is 0 Å². The first-order chi connectivity index (χ1) is 11.7. The molecule has 0 aliphatic rings. The first-order valence-electron chi connectivity index (χ1n) is 7.46. The van der Waals surface area contributed by atoms with Gasteiger partial charge in [0.05, 0.1) is 22.9 Å². The Bertz CT molecular complexity index is 992. The summed E-state index contributed by atoms with van der Waals surface area (Å²) < 4.78 is 0. The van der Waals surface area contributed by atoms with E-state index in [9.17, 15) is 0 Å². The van der Waals surface area contributed by atoms with E-state index in [1.165, 1.54) is 4.90 Å². The molecule has 4 rings (SSSR count). The van der Waals surface area contributed by atoms with Gasteiger partial charge < -0.3 is 10.7 Å². The van der Waals surface area contributed by atoms with Crippen LogP contribution in [0.15, 0.2) is 59.6 Å². The van der Waals surface area contributed by atoms with Crippen LogP contribution in [0.2, 0.25) is 0 Å². The number of hydrogen-bond acceptors (Lipinski definition) is 5. The minimum Gasteiger partial charge on any atom is -0.382 e. The number of para-hydroxylation sites is 2. The summed E-state index contributed by atoms with van der Waals surface area (Å²) in [5, 5.41) is 0. The first-order valence-corrected chi connectivity index (χ1v) is 8.69. The highest BCUT2D eigenvalue weighted by Gasteiger charge is 2.13. The van der Waals surface area contributed by atoms with E-state index < -0.39 is 0 Å². The predicted octanol–water partition coefficient (Wildman–Crippen LogP) is 3.99. The molecule has 0 atom stereocenters. The van der Waals surface area contributed by atoms with Gasteiger partial charge in [-0.15, -0.1) is 11.8 Å². The van der Waals surface area contributed by atoms with Gasteiger partial charge in [-0.25, -0.2) is 15.0 Å². The molecule has 2 aromatic heterocycles. The number of H-pyrrole nitrogens is 1. The van der Waals surface area contributed by atoms with Crippen molar-refractivity contribution in [2.24, 2.45) is 0 Å². The summed E-state index contributed by atoms with van der Waals surface area (Å²) >= 11 is 1.69. The fraction of sp³-hybridized carbons (Fsp3) is 0.0556. The molecule has 0 radical (unpaired) electrons. The summed E-state index contributed by atoms with van der Waals surface area (Å²) in [7, 11) is 0. The first kappa shape index (κ1) is 14.7. The molecule has 4 aromatic rings. The average molecular weight is 333 g/mol. The maximum Gasteiger partial charge on any atom is 0.161 e. The molecule has 6 heteroatoms. The number of imidazole rings is 1. The highest BCUT2D eigenvalue weighted by atomic mass is 32.2. The lowest BCUT2D eigenvalue weighted by Crippen LogP contribution is -2.00. The van der Waals surface area contributed by atoms with Crippen LogP contribution in [-0.4, -0.2) is 26.2 Å². The van der Waals surface area contributed by atoms with Crippen LogP contribution in [0.1, 0.15) is 0 Å². The molecule has 0 saturated heterocycles. The van der Waals surface area contributed by atoms with E-state index in [4.69, 9.17) is 10.7 Å². The molecule has 0 amide bonds. The summed E-state index contributed by atoms with van der Waals surface area (Å²) in [5.41, 5.74) is 10.2. The minimum atomic E-state index is 0.360. The number of nitrogens with one attached hydrogen (secondary N) is 1. The standard InChI is InChI=1S/C18H15N5S/c1-24-12-6-4-5-11(9-12)15-10-20-17(19)16(21-15)18-22-13-7-2-3-8-14(13)23-18/h2-10H,1H3,(H2,19,20)(H,22,23).